The quantitative estimate of drug-likeness (QED) is 0.724. The van der Waals surface area contributed by atoms with Gasteiger partial charge in [0.15, 0.2) is 12.0 Å². The van der Waals surface area contributed by atoms with Crippen molar-refractivity contribution in [2.75, 3.05) is 6.61 Å². The van der Waals surface area contributed by atoms with Crippen molar-refractivity contribution in [1.82, 2.24) is 14.8 Å². The highest BCUT2D eigenvalue weighted by molar-refractivity contribution is 7.71. The lowest BCUT2D eigenvalue weighted by molar-refractivity contribution is -0.202. The molecule has 0 amide bonds. The average Bonchev–Trinajstić information content (AvgIpc) is 2.83. The van der Waals surface area contributed by atoms with Crippen LogP contribution in [0.1, 0.15) is 20.1 Å². The number of hydrogen-bond acceptors (Lipinski definition) is 7. The van der Waals surface area contributed by atoms with Gasteiger partial charge in [-0.15, -0.1) is 0 Å². The molecule has 2 aliphatic rings. The fraction of sp³-hybridized carbons (Fsp3) is 0.727. The zero-order valence-electron chi connectivity index (χ0n) is 11.0. The van der Waals surface area contributed by atoms with Crippen molar-refractivity contribution < 1.29 is 19.3 Å². The van der Waals surface area contributed by atoms with E-state index in [-0.39, 0.29) is 11.2 Å². The molecule has 2 fully saturated rings. The van der Waals surface area contributed by atoms with E-state index in [1.165, 1.54) is 6.20 Å². The second-order valence-electron chi connectivity index (χ2n) is 5.20. The molecule has 3 heterocycles. The van der Waals surface area contributed by atoms with Crippen molar-refractivity contribution in [2.45, 2.75) is 44.2 Å². The van der Waals surface area contributed by atoms with E-state index in [1.807, 2.05) is 0 Å². The summed E-state index contributed by atoms with van der Waals surface area (Å²) in [6, 6.07) is 0. The zero-order chi connectivity index (χ0) is 14.5. The molecular formula is C11H15N3O5S. The molecular weight excluding hydrogens is 286 g/mol. The van der Waals surface area contributed by atoms with Crippen LogP contribution in [-0.2, 0) is 14.2 Å². The largest absolute Gasteiger partial charge is 0.394 e. The second-order valence-corrected chi connectivity index (χ2v) is 5.64. The second kappa shape index (κ2) is 4.71. The molecule has 2 saturated heterocycles. The number of H-pyrrole nitrogens is 1. The van der Waals surface area contributed by atoms with Crippen LogP contribution in [-0.4, -0.2) is 50.6 Å². The van der Waals surface area contributed by atoms with Crippen LogP contribution in [0.4, 0.5) is 0 Å². The normalized spacial score (nSPS) is 35.1. The lowest BCUT2D eigenvalue weighted by Gasteiger charge is -2.23. The van der Waals surface area contributed by atoms with E-state index >= 15 is 0 Å². The van der Waals surface area contributed by atoms with E-state index in [2.05, 4.69) is 10.1 Å². The van der Waals surface area contributed by atoms with E-state index in [1.54, 1.807) is 13.8 Å². The summed E-state index contributed by atoms with van der Waals surface area (Å²) < 4.78 is 18.5. The van der Waals surface area contributed by atoms with E-state index < -0.39 is 36.0 Å². The third-order valence-electron chi connectivity index (χ3n) is 3.28. The minimum Gasteiger partial charge on any atom is -0.394 e. The highest BCUT2D eigenvalue weighted by Gasteiger charge is 2.56. The SMILES string of the molecule is CC1(C)OC2C(CO)OC(n3ncc(=S)[nH]c3=O)C2O1. The summed E-state index contributed by atoms with van der Waals surface area (Å²) in [6.07, 6.45) is -0.946. The van der Waals surface area contributed by atoms with Crippen LogP contribution in [0.5, 0.6) is 0 Å². The Morgan fingerprint density at radius 3 is 2.85 bits per heavy atom. The molecule has 1 aromatic rings. The molecule has 4 atom stereocenters. The van der Waals surface area contributed by atoms with Crippen LogP contribution in [0, 0.1) is 4.64 Å². The standard InChI is InChI=1S/C11H15N3O5S/c1-11(2)18-7-5(4-15)17-9(8(7)19-11)14-10(16)13-6(20)3-12-14/h3,5,7-9,15H,4H2,1-2H3,(H,13,16,20). The molecule has 4 unspecified atom stereocenters. The van der Waals surface area contributed by atoms with Crippen molar-refractivity contribution in [3.63, 3.8) is 0 Å². The maximum absolute atomic E-state index is 11.9. The molecule has 1 aromatic heterocycles. The molecule has 9 heteroatoms. The number of nitrogens with zero attached hydrogens (tertiary/aromatic N) is 2. The minimum absolute atomic E-state index is 0.227. The molecule has 2 aliphatic heterocycles. The van der Waals surface area contributed by atoms with Crippen LogP contribution < -0.4 is 5.69 Å². The van der Waals surface area contributed by atoms with Gasteiger partial charge in [-0.25, -0.2) is 4.79 Å². The Hall–Kier alpha value is -1.13. The molecule has 8 nitrogen and oxygen atoms in total. The lowest BCUT2D eigenvalue weighted by Crippen LogP contribution is -2.36. The first kappa shape index (κ1) is 13.8. The van der Waals surface area contributed by atoms with Gasteiger partial charge in [0, 0.05) is 0 Å². The summed E-state index contributed by atoms with van der Waals surface area (Å²) in [5, 5.41) is 13.3. The lowest BCUT2D eigenvalue weighted by atomic mass is 10.1. The Bertz CT molecular complexity index is 627. The number of fused-ring (bicyclic) bond motifs is 1. The van der Waals surface area contributed by atoms with Crippen molar-refractivity contribution >= 4 is 12.2 Å². The number of hydrogen-bond donors (Lipinski definition) is 2. The Kier molecular flexibility index (Phi) is 3.26. The van der Waals surface area contributed by atoms with Crippen LogP contribution in [0.3, 0.4) is 0 Å². The molecule has 2 N–H and O–H groups in total. The van der Waals surface area contributed by atoms with Crippen LogP contribution in [0.2, 0.25) is 0 Å². The van der Waals surface area contributed by atoms with Crippen molar-refractivity contribution in [2.24, 2.45) is 0 Å². The van der Waals surface area contributed by atoms with E-state index in [4.69, 9.17) is 26.4 Å². The molecule has 3 rings (SSSR count). The topological polar surface area (TPSA) is 98.6 Å². The Labute approximate surface area is 119 Å². The smallest absolute Gasteiger partial charge is 0.345 e. The van der Waals surface area contributed by atoms with Gasteiger partial charge in [-0.05, 0) is 13.8 Å². The molecule has 0 radical (unpaired) electrons. The predicted octanol–water partition coefficient (Wildman–Crippen LogP) is -0.289. The minimum atomic E-state index is -0.796. The van der Waals surface area contributed by atoms with Gasteiger partial charge in [-0.3, -0.25) is 4.98 Å². The van der Waals surface area contributed by atoms with Crippen LogP contribution in [0.15, 0.2) is 11.0 Å². The van der Waals surface area contributed by atoms with Crippen molar-refractivity contribution in [3.05, 3.63) is 21.3 Å². The number of ether oxygens (including phenoxy) is 3. The van der Waals surface area contributed by atoms with Gasteiger partial charge in [-0.1, -0.05) is 12.2 Å². The van der Waals surface area contributed by atoms with E-state index in [9.17, 15) is 9.90 Å². The maximum atomic E-state index is 11.9. The van der Waals surface area contributed by atoms with Crippen molar-refractivity contribution in [3.8, 4) is 0 Å². The number of nitrogens with one attached hydrogen (secondary N) is 1. The first-order chi connectivity index (χ1) is 9.41. The Morgan fingerprint density at radius 2 is 2.20 bits per heavy atom. The molecule has 0 spiro atoms. The summed E-state index contributed by atoms with van der Waals surface area (Å²) in [5.41, 5.74) is -0.492. The number of aromatic amines is 1. The summed E-state index contributed by atoms with van der Waals surface area (Å²) in [4.78, 5) is 14.4. The first-order valence-electron chi connectivity index (χ1n) is 6.21. The van der Waals surface area contributed by atoms with Gasteiger partial charge < -0.3 is 19.3 Å². The van der Waals surface area contributed by atoms with Crippen LogP contribution in [0.25, 0.3) is 0 Å². The van der Waals surface area contributed by atoms with E-state index in [0.29, 0.717) is 0 Å². The highest BCUT2D eigenvalue weighted by atomic mass is 32.1. The van der Waals surface area contributed by atoms with Crippen molar-refractivity contribution in [1.29, 1.82) is 0 Å². The number of aliphatic hydroxyl groups excluding tert-OH is 1. The highest BCUT2D eigenvalue weighted by Crippen LogP contribution is 2.42. The summed E-state index contributed by atoms with van der Waals surface area (Å²) >= 11 is 4.84. The average molecular weight is 301 g/mol. The molecule has 0 bridgehead atoms. The van der Waals surface area contributed by atoms with Gasteiger partial charge in [-0.2, -0.15) is 9.78 Å². The fourth-order valence-corrected chi connectivity index (χ4v) is 2.68. The molecule has 0 aliphatic carbocycles. The molecule has 0 saturated carbocycles. The third-order valence-corrected chi connectivity index (χ3v) is 3.49. The first-order valence-corrected chi connectivity index (χ1v) is 6.62. The van der Waals surface area contributed by atoms with Gasteiger partial charge in [0.05, 0.1) is 12.8 Å². The third kappa shape index (κ3) is 2.21. The molecule has 0 aromatic carbocycles. The summed E-state index contributed by atoms with van der Waals surface area (Å²) in [5.74, 6) is -0.796. The Balaban J connectivity index is 1.98. The Morgan fingerprint density at radius 1 is 1.50 bits per heavy atom. The predicted molar refractivity (Wildman–Crippen MR) is 68.5 cm³/mol. The van der Waals surface area contributed by atoms with Crippen LogP contribution >= 0.6 is 12.2 Å². The number of aromatic nitrogens is 3. The van der Waals surface area contributed by atoms with E-state index in [0.717, 1.165) is 4.68 Å². The number of aliphatic hydroxyl groups is 1. The fourth-order valence-electron chi connectivity index (χ4n) is 2.55. The maximum Gasteiger partial charge on any atom is 0.345 e. The summed E-state index contributed by atoms with van der Waals surface area (Å²) in [7, 11) is 0. The van der Waals surface area contributed by atoms with Gasteiger partial charge in [0.1, 0.15) is 23.0 Å². The van der Waals surface area contributed by atoms with Gasteiger partial charge in [0.25, 0.3) is 0 Å². The molecule has 20 heavy (non-hydrogen) atoms. The monoisotopic (exact) mass is 301 g/mol. The number of rotatable bonds is 2. The zero-order valence-corrected chi connectivity index (χ0v) is 11.8. The summed E-state index contributed by atoms with van der Waals surface area (Å²) in [6.45, 7) is 3.31. The van der Waals surface area contributed by atoms with Gasteiger partial charge >= 0.3 is 5.69 Å². The molecule has 110 valence electrons. The van der Waals surface area contributed by atoms with Gasteiger partial charge in [0.2, 0.25) is 0 Å².